The number of carbonyl (C=O) groups excluding carboxylic acids is 2. The summed E-state index contributed by atoms with van der Waals surface area (Å²) in [6.07, 6.45) is 0. The first-order chi connectivity index (χ1) is 8.69. The van der Waals surface area contributed by atoms with Gasteiger partial charge in [-0.25, -0.2) is 4.39 Å². The summed E-state index contributed by atoms with van der Waals surface area (Å²) in [5.74, 6) is -1.70. The van der Waals surface area contributed by atoms with Crippen LogP contribution in [0.3, 0.4) is 0 Å². The average Bonchev–Trinajstić information content (AvgIpc) is 2.23. The van der Waals surface area contributed by atoms with E-state index in [4.69, 9.17) is 5.73 Å². The van der Waals surface area contributed by atoms with E-state index in [-0.39, 0.29) is 29.2 Å². The van der Waals surface area contributed by atoms with Crippen LogP contribution in [0.1, 0.15) is 31.1 Å². The summed E-state index contributed by atoms with van der Waals surface area (Å²) in [4.78, 5) is 23.2. The molecule has 0 unspecified atom stereocenters. The molecule has 6 heteroatoms. The monoisotopic (exact) mass is 267 g/mol. The quantitative estimate of drug-likeness (QED) is 0.716. The Hall–Kier alpha value is -2.11. The molecular weight excluding hydrogens is 249 g/mol. The van der Waals surface area contributed by atoms with E-state index < -0.39 is 11.7 Å². The Morgan fingerprint density at radius 3 is 2.47 bits per heavy atom. The van der Waals surface area contributed by atoms with Crippen LogP contribution in [-0.2, 0) is 4.79 Å². The highest BCUT2D eigenvalue weighted by molar-refractivity contribution is 5.97. The molecule has 2 amide bonds. The number of amides is 2. The van der Waals surface area contributed by atoms with Gasteiger partial charge < -0.3 is 16.4 Å². The van der Waals surface area contributed by atoms with Gasteiger partial charge >= 0.3 is 0 Å². The van der Waals surface area contributed by atoms with Crippen molar-refractivity contribution in [1.82, 2.24) is 10.6 Å². The van der Waals surface area contributed by atoms with Crippen molar-refractivity contribution >= 4 is 17.5 Å². The third-order valence-electron chi connectivity index (χ3n) is 2.16. The van der Waals surface area contributed by atoms with Gasteiger partial charge in [0.1, 0.15) is 5.82 Å². The molecule has 4 N–H and O–H groups in total. The molecule has 1 rings (SSSR count). The van der Waals surface area contributed by atoms with E-state index in [0.29, 0.717) is 0 Å². The second-order valence-corrected chi connectivity index (χ2v) is 5.22. The second kappa shape index (κ2) is 5.69. The maximum absolute atomic E-state index is 13.5. The molecule has 5 nitrogen and oxygen atoms in total. The molecule has 1 aromatic carbocycles. The van der Waals surface area contributed by atoms with Crippen LogP contribution in [0, 0.1) is 5.82 Å². The molecule has 0 spiro atoms. The first-order valence-electron chi connectivity index (χ1n) is 5.83. The smallest absolute Gasteiger partial charge is 0.254 e. The topological polar surface area (TPSA) is 84.2 Å². The Kier molecular flexibility index (Phi) is 4.47. The number of nitrogens with two attached hydrogens (primary N) is 1. The third kappa shape index (κ3) is 4.95. The first kappa shape index (κ1) is 14.9. The number of halogens is 1. The van der Waals surface area contributed by atoms with E-state index >= 15 is 0 Å². The summed E-state index contributed by atoms with van der Waals surface area (Å²) >= 11 is 0. The molecule has 0 aromatic heterocycles. The van der Waals surface area contributed by atoms with Gasteiger partial charge in [-0.3, -0.25) is 9.59 Å². The predicted molar refractivity (Wildman–Crippen MR) is 71.0 cm³/mol. The highest BCUT2D eigenvalue weighted by Crippen LogP contribution is 2.11. The number of rotatable bonds is 3. The molecule has 0 saturated carbocycles. The van der Waals surface area contributed by atoms with E-state index in [9.17, 15) is 14.0 Å². The summed E-state index contributed by atoms with van der Waals surface area (Å²) in [5, 5.41) is 5.03. The van der Waals surface area contributed by atoms with Gasteiger partial charge in [-0.05, 0) is 39.0 Å². The Labute approximate surface area is 111 Å². The number of anilines is 1. The van der Waals surface area contributed by atoms with Crippen molar-refractivity contribution < 1.29 is 14.0 Å². The Balaban J connectivity index is 2.59. The highest BCUT2D eigenvalue weighted by atomic mass is 19.1. The first-order valence-corrected chi connectivity index (χ1v) is 5.83. The molecule has 104 valence electrons. The maximum Gasteiger partial charge on any atom is 0.254 e. The minimum Gasteiger partial charge on any atom is -0.399 e. The van der Waals surface area contributed by atoms with Crippen LogP contribution in [0.5, 0.6) is 0 Å². The largest absolute Gasteiger partial charge is 0.399 e. The van der Waals surface area contributed by atoms with Crippen LogP contribution >= 0.6 is 0 Å². The van der Waals surface area contributed by atoms with Gasteiger partial charge in [0.05, 0.1) is 12.1 Å². The number of carbonyl (C=O) groups is 2. The van der Waals surface area contributed by atoms with Crippen molar-refractivity contribution in [3.8, 4) is 0 Å². The zero-order valence-corrected chi connectivity index (χ0v) is 11.2. The summed E-state index contributed by atoms with van der Waals surface area (Å²) in [6, 6.07) is 3.76. The molecule has 0 saturated heterocycles. The lowest BCUT2D eigenvalue weighted by molar-refractivity contribution is -0.121. The molecule has 0 aliphatic heterocycles. The zero-order valence-electron chi connectivity index (χ0n) is 11.2. The average molecular weight is 267 g/mol. The lowest BCUT2D eigenvalue weighted by Crippen LogP contribution is -2.45. The normalized spacial score (nSPS) is 10.9. The molecule has 0 atom stereocenters. The van der Waals surface area contributed by atoms with Gasteiger partial charge in [-0.1, -0.05) is 0 Å². The van der Waals surface area contributed by atoms with Crippen molar-refractivity contribution in [1.29, 1.82) is 0 Å². The Morgan fingerprint density at radius 1 is 1.32 bits per heavy atom. The van der Waals surface area contributed by atoms with Crippen LogP contribution in [0.4, 0.5) is 10.1 Å². The predicted octanol–water partition coefficient (Wildman–Crippen LogP) is 1.05. The van der Waals surface area contributed by atoms with Crippen LogP contribution in [0.15, 0.2) is 18.2 Å². The van der Waals surface area contributed by atoms with E-state index in [1.54, 1.807) is 0 Å². The maximum atomic E-state index is 13.5. The van der Waals surface area contributed by atoms with Crippen molar-refractivity contribution in [3.63, 3.8) is 0 Å². The molecule has 0 bridgehead atoms. The van der Waals surface area contributed by atoms with Crippen LogP contribution in [-0.4, -0.2) is 23.9 Å². The molecule has 0 fully saturated rings. The van der Waals surface area contributed by atoms with E-state index in [2.05, 4.69) is 10.6 Å². The van der Waals surface area contributed by atoms with E-state index in [1.165, 1.54) is 12.1 Å². The summed E-state index contributed by atoms with van der Waals surface area (Å²) in [7, 11) is 0. The Morgan fingerprint density at radius 2 is 1.95 bits per heavy atom. The number of nitrogens with one attached hydrogen (secondary N) is 2. The number of nitrogen functional groups attached to an aromatic ring is 1. The van der Waals surface area contributed by atoms with Crippen LogP contribution < -0.4 is 16.4 Å². The van der Waals surface area contributed by atoms with Gasteiger partial charge in [0, 0.05) is 11.2 Å². The lowest BCUT2D eigenvalue weighted by Gasteiger charge is -2.20. The van der Waals surface area contributed by atoms with Crippen molar-refractivity contribution in [2.45, 2.75) is 26.3 Å². The summed E-state index contributed by atoms with van der Waals surface area (Å²) in [5.41, 5.74) is 5.10. The van der Waals surface area contributed by atoms with Gasteiger partial charge in [-0.2, -0.15) is 0 Å². The number of hydrogen-bond acceptors (Lipinski definition) is 3. The van der Waals surface area contributed by atoms with Crippen LogP contribution in [0.2, 0.25) is 0 Å². The Bertz CT molecular complexity index is 495. The van der Waals surface area contributed by atoms with E-state index in [1.807, 2.05) is 20.8 Å². The molecular formula is C13H18FN3O2. The van der Waals surface area contributed by atoms with Crippen molar-refractivity contribution in [3.05, 3.63) is 29.6 Å². The van der Waals surface area contributed by atoms with E-state index in [0.717, 1.165) is 6.07 Å². The van der Waals surface area contributed by atoms with Crippen molar-refractivity contribution in [2.24, 2.45) is 0 Å². The number of benzene rings is 1. The highest BCUT2D eigenvalue weighted by Gasteiger charge is 2.16. The van der Waals surface area contributed by atoms with Crippen molar-refractivity contribution in [2.75, 3.05) is 12.3 Å². The summed E-state index contributed by atoms with van der Waals surface area (Å²) < 4.78 is 13.5. The molecule has 1 aromatic rings. The SMILES string of the molecule is CC(C)(C)NC(=O)CNC(=O)c1ccc(N)cc1F. The fourth-order valence-corrected chi connectivity index (χ4v) is 1.43. The minimum atomic E-state index is -0.714. The van der Waals surface area contributed by atoms with Crippen LogP contribution in [0.25, 0.3) is 0 Å². The fraction of sp³-hybridized carbons (Fsp3) is 0.385. The lowest BCUT2D eigenvalue weighted by atomic mass is 10.1. The summed E-state index contributed by atoms with van der Waals surface area (Å²) in [6.45, 7) is 5.27. The number of hydrogen-bond donors (Lipinski definition) is 3. The van der Waals surface area contributed by atoms with Gasteiger partial charge in [0.15, 0.2) is 0 Å². The third-order valence-corrected chi connectivity index (χ3v) is 2.16. The minimum absolute atomic E-state index is 0.141. The molecule has 0 heterocycles. The molecule has 19 heavy (non-hydrogen) atoms. The standard InChI is InChI=1S/C13H18FN3O2/c1-13(2,3)17-11(18)7-16-12(19)9-5-4-8(15)6-10(9)14/h4-6H,7,15H2,1-3H3,(H,16,19)(H,17,18). The van der Waals surface area contributed by atoms with Gasteiger partial charge in [0.2, 0.25) is 5.91 Å². The molecule has 0 aliphatic carbocycles. The second-order valence-electron chi connectivity index (χ2n) is 5.22. The van der Waals surface area contributed by atoms with Gasteiger partial charge in [-0.15, -0.1) is 0 Å². The molecule has 0 aliphatic rings. The fourth-order valence-electron chi connectivity index (χ4n) is 1.43. The molecule has 0 radical (unpaired) electrons. The van der Waals surface area contributed by atoms with Gasteiger partial charge in [0.25, 0.3) is 5.91 Å². The zero-order chi connectivity index (χ0) is 14.6.